The van der Waals surface area contributed by atoms with Crippen molar-refractivity contribution in [2.75, 3.05) is 40.4 Å². The van der Waals surface area contributed by atoms with E-state index >= 15 is 0 Å². The van der Waals surface area contributed by atoms with Crippen molar-refractivity contribution in [3.8, 4) is 22.4 Å². The summed E-state index contributed by atoms with van der Waals surface area (Å²) in [5.41, 5.74) is 13.3. The molecule has 2 aliphatic rings. The van der Waals surface area contributed by atoms with Crippen LogP contribution < -0.4 is 21.7 Å². The number of unbranched alkanes of at least 4 members (excludes halogenated alkanes) is 1. The molecule has 1 aliphatic carbocycles. The number of carbonyl (C=O) groups is 4. The van der Waals surface area contributed by atoms with E-state index in [4.69, 9.17) is 15.5 Å². The first-order valence-electron chi connectivity index (χ1n) is 20.5. The van der Waals surface area contributed by atoms with E-state index in [-0.39, 0.29) is 36.2 Å². The number of alkyl carbamates (subject to hydrolysis) is 1. The van der Waals surface area contributed by atoms with Gasteiger partial charge in [-0.05, 0) is 73.3 Å². The van der Waals surface area contributed by atoms with Crippen molar-refractivity contribution in [1.82, 2.24) is 35.8 Å². The number of fused-ring (bicyclic) bond motifs is 4. The number of benzene rings is 2. The molecule has 0 saturated carbocycles. The average molecular weight is 848 g/mol. The zero-order valence-electron chi connectivity index (χ0n) is 35.2. The second-order valence-electron chi connectivity index (χ2n) is 15.0. The van der Waals surface area contributed by atoms with Gasteiger partial charge in [-0.2, -0.15) is 0 Å². The Hall–Kier alpha value is -4.89. The van der Waals surface area contributed by atoms with Crippen LogP contribution in [0.5, 0.6) is 0 Å². The Bertz CT molecular complexity index is 2050. The first-order chi connectivity index (χ1) is 28.5. The Labute approximate surface area is 356 Å². The molecule has 0 spiro atoms. The third kappa shape index (κ3) is 13.1. The molecule has 2 unspecified atom stereocenters. The van der Waals surface area contributed by atoms with E-state index < -0.39 is 12.1 Å². The second kappa shape index (κ2) is 23.6. The fourth-order valence-electron chi connectivity index (χ4n) is 7.13. The summed E-state index contributed by atoms with van der Waals surface area (Å²) in [6.45, 7) is 9.51. The van der Waals surface area contributed by atoms with E-state index in [9.17, 15) is 19.2 Å². The van der Waals surface area contributed by atoms with Gasteiger partial charge in [0.25, 0.3) is 5.91 Å². The number of nitrogens with two attached hydrogens (primary N) is 1. The fourth-order valence-corrected chi connectivity index (χ4v) is 7.13. The zero-order chi connectivity index (χ0) is 42.9. The zero-order valence-corrected chi connectivity index (χ0v) is 36.6. The maximum absolute atomic E-state index is 13.3. The topological polar surface area (TPSA) is 194 Å². The number of aromatic nitrogens is 3. The average Bonchev–Trinajstić information content (AvgIpc) is 3.91. The van der Waals surface area contributed by atoms with Crippen LogP contribution in [-0.4, -0.2) is 101 Å². The number of likely N-dealkylation sites (tertiary alicyclic amines) is 1. The SMILES string of the molecule is CCC.COC(=O)NC(C(=O)N1CCCC1CNC(=O)c1cnc2cc(-c3ccc4c(c3)CCc3[nH]c(CCCCNC(=O)CN)nc3-4)ccc2c1)C(C)C.CO[CH]=[V]. The third-order valence-electron chi connectivity index (χ3n) is 10.1. The fraction of sp³-hybridized carbons (Fsp3) is 0.477. The Balaban J connectivity index is 0.00000102. The molecule has 6 N–H and O–H groups in total. The van der Waals surface area contributed by atoms with Gasteiger partial charge in [0.05, 0.1) is 30.4 Å². The number of pyridine rings is 1. The van der Waals surface area contributed by atoms with Gasteiger partial charge in [-0.1, -0.05) is 64.4 Å². The predicted molar refractivity (Wildman–Crippen MR) is 227 cm³/mol. The molecule has 14 nitrogen and oxygen atoms in total. The molecule has 3 heterocycles. The number of aromatic amines is 1. The van der Waals surface area contributed by atoms with Gasteiger partial charge in [0, 0.05) is 54.9 Å². The van der Waals surface area contributed by atoms with Crippen molar-refractivity contribution in [2.24, 2.45) is 11.7 Å². The summed E-state index contributed by atoms with van der Waals surface area (Å²) in [6.07, 6.45) is 8.21. The molecule has 0 radical (unpaired) electrons. The molecule has 2 aromatic carbocycles. The van der Waals surface area contributed by atoms with E-state index in [1.165, 1.54) is 24.8 Å². The van der Waals surface area contributed by atoms with Gasteiger partial charge < -0.3 is 36.3 Å². The number of aryl methyl sites for hydroxylation is 3. The molecule has 1 saturated heterocycles. The molecule has 15 heteroatoms. The van der Waals surface area contributed by atoms with E-state index in [0.29, 0.717) is 25.2 Å². The molecule has 317 valence electrons. The molecule has 4 amide bonds. The van der Waals surface area contributed by atoms with Gasteiger partial charge in [0.1, 0.15) is 11.9 Å². The van der Waals surface area contributed by atoms with Crippen molar-refractivity contribution in [2.45, 2.75) is 91.1 Å². The molecule has 1 aliphatic heterocycles. The van der Waals surface area contributed by atoms with Crippen LogP contribution in [0.1, 0.15) is 87.2 Å². The van der Waals surface area contributed by atoms with Crippen molar-refractivity contribution >= 4 is 39.6 Å². The summed E-state index contributed by atoms with van der Waals surface area (Å²) >= 11 is 2.19. The van der Waals surface area contributed by atoms with Gasteiger partial charge in [-0.15, -0.1) is 0 Å². The normalized spacial score (nSPS) is 14.4. The molecular formula is C44H60N8O6V. The quantitative estimate of drug-likeness (QED) is 0.106. The van der Waals surface area contributed by atoms with Crippen molar-refractivity contribution in [3.63, 3.8) is 0 Å². The summed E-state index contributed by atoms with van der Waals surface area (Å²) < 4.78 is 9.10. The van der Waals surface area contributed by atoms with Crippen molar-refractivity contribution < 1.29 is 45.6 Å². The standard InChI is InChI=1S/C39H48N8O5.C3H8.C2H4O.V/c1-23(2)35(46-39(51)52-3)38(50)47-16-6-7-29(47)22-43-37(49)28-18-27-10-9-25(19-32(27)42-21-28)24-11-13-30-26(17-24)12-14-31-36(30)45-33(44-31)8-4-5-15-41-34(48)20-40;2*1-3-2;/h9-11,13,17-19,21,23,29,35H,4-8,12,14-16,20,22,40H2,1-3H3,(H,41,48)(H,43,49)(H,44,45)(H,46,51);3H2,1-2H3;1H,2H3;. The van der Waals surface area contributed by atoms with Gasteiger partial charge >= 0.3 is 39.8 Å². The Kier molecular flexibility index (Phi) is 18.8. The first kappa shape index (κ1) is 46.8. The number of nitrogens with one attached hydrogen (secondary N) is 4. The predicted octanol–water partition coefficient (Wildman–Crippen LogP) is 5.25. The van der Waals surface area contributed by atoms with Gasteiger partial charge in [-0.3, -0.25) is 19.4 Å². The molecular weight excluding hydrogens is 787 g/mol. The second-order valence-corrected chi connectivity index (χ2v) is 15.3. The van der Waals surface area contributed by atoms with Gasteiger partial charge in [-0.25, -0.2) is 9.78 Å². The van der Waals surface area contributed by atoms with Gasteiger partial charge in [0.2, 0.25) is 11.8 Å². The number of rotatable bonds is 14. The van der Waals surface area contributed by atoms with Crippen LogP contribution in [0.4, 0.5) is 4.79 Å². The number of hydrogen-bond acceptors (Lipinski definition) is 9. The summed E-state index contributed by atoms with van der Waals surface area (Å²) in [5, 5.41) is 9.31. The van der Waals surface area contributed by atoms with E-state index in [2.05, 4.69) is 85.7 Å². The van der Waals surface area contributed by atoms with Crippen LogP contribution >= 0.6 is 0 Å². The summed E-state index contributed by atoms with van der Waals surface area (Å²) in [6, 6.07) is 13.6. The molecule has 2 aromatic heterocycles. The van der Waals surface area contributed by atoms with Crippen LogP contribution in [0, 0.1) is 5.92 Å². The van der Waals surface area contributed by atoms with Crippen LogP contribution in [-0.2, 0) is 55.3 Å². The minimum atomic E-state index is -0.705. The molecule has 59 heavy (non-hydrogen) atoms. The van der Waals surface area contributed by atoms with Crippen LogP contribution in [0.3, 0.4) is 0 Å². The number of H-pyrrole nitrogens is 1. The summed E-state index contributed by atoms with van der Waals surface area (Å²) in [7, 11) is 2.88. The first-order valence-corrected chi connectivity index (χ1v) is 21.3. The molecule has 2 atom stereocenters. The number of imidazole rings is 1. The molecule has 0 bridgehead atoms. The van der Waals surface area contributed by atoms with Gasteiger partial charge in [0.15, 0.2) is 0 Å². The van der Waals surface area contributed by atoms with Crippen LogP contribution in [0.25, 0.3) is 33.3 Å². The van der Waals surface area contributed by atoms with Crippen molar-refractivity contribution in [1.29, 1.82) is 0 Å². The summed E-state index contributed by atoms with van der Waals surface area (Å²) in [5.74, 6) is 0.296. The Morgan fingerprint density at radius 3 is 2.46 bits per heavy atom. The van der Waals surface area contributed by atoms with E-state index in [0.717, 1.165) is 84.1 Å². The number of nitrogens with zero attached hydrogens (tertiary/aromatic N) is 3. The molecule has 1 fully saturated rings. The Morgan fingerprint density at radius 2 is 1.76 bits per heavy atom. The van der Waals surface area contributed by atoms with E-state index in [1.807, 2.05) is 32.0 Å². The maximum atomic E-state index is 13.3. The molecule has 6 rings (SSSR count). The third-order valence-corrected chi connectivity index (χ3v) is 10.4. The monoisotopic (exact) mass is 847 g/mol. The number of carbonyl (C=O) groups excluding carboxylic acids is 4. The Morgan fingerprint density at radius 1 is 1.03 bits per heavy atom. The molecule has 4 aromatic rings. The van der Waals surface area contributed by atoms with Crippen LogP contribution in [0.15, 0.2) is 48.7 Å². The minimum absolute atomic E-state index is 0.0131. The van der Waals surface area contributed by atoms with Crippen molar-refractivity contribution in [3.05, 3.63) is 71.3 Å². The van der Waals surface area contributed by atoms with Crippen LogP contribution in [0.2, 0.25) is 0 Å². The summed E-state index contributed by atoms with van der Waals surface area (Å²) in [4.78, 5) is 66.2. The number of ether oxygens (including phenoxy) is 2. The number of amides is 4. The number of hydrogen-bond donors (Lipinski definition) is 5. The van der Waals surface area contributed by atoms with E-state index in [1.54, 1.807) is 23.1 Å². The number of methoxy groups -OCH3 is 2.